The van der Waals surface area contributed by atoms with Crippen LogP contribution in [0.1, 0.15) is 65.7 Å². The molecule has 0 unspecified atom stereocenters. The molecule has 28 heavy (non-hydrogen) atoms. The number of rotatable bonds is 10. The summed E-state index contributed by atoms with van der Waals surface area (Å²) in [4.78, 5) is 12.8. The zero-order chi connectivity index (χ0) is 20.6. The first-order valence-corrected chi connectivity index (χ1v) is 11.9. The fraction of sp³-hybridized carbons (Fsp3) is 0.667. The topological polar surface area (TPSA) is 75.7 Å². The first kappa shape index (κ1) is 22.7. The Labute approximate surface area is 169 Å². The van der Waals surface area contributed by atoms with Crippen molar-refractivity contribution in [2.75, 3.05) is 13.2 Å². The second-order valence-corrected chi connectivity index (χ2v) is 9.39. The zero-order valence-electron chi connectivity index (χ0n) is 17.3. The molecule has 0 radical (unpaired) electrons. The van der Waals surface area contributed by atoms with Crippen molar-refractivity contribution in [2.24, 2.45) is 0 Å². The van der Waals surface area contributed by atoms with Gasteiger partial charge in [0.25, 0.3) is 0 Å². The van der Waals surface area contributed by atoms with Crippen molar-refractivity contribution in [1.82, 2.24) is 9.62 Å². The number of ether oxygens (including phenoxy) is 1. The van der Waals surface area contributed by atoms with Gasteiger partial charge in [-0.1, -0.05) is 32.6 Å². The van der Waals surface area contributed by atoms with E-state index in [2.05, 4.69) is 12.2 Å². The lowest BCUT2D eigenvalue weighted by atomic mass is 9.95. The number of hydrogen-bond donors (Lipinski definition) is 1. The molecule has 0 spiro atoms. The Morgan fingerprint density at radius 1 is 1.18 bits per heavy atom. The quantitative estimate of drug-likeness (QED) is 0.638. The molecule has 1 fully saturated rings. The highest BCUT2D eigenvalue weighted by molar-refractivity contribution is 7.89. The summed E-state index contributed by atoms with van der Waals surface area (Å²) in [5, 5.41) is 2.93. The SMILES string of the molecule is CCC[C@H](C)NC(=O)CN(C1CCCCC1)S(=O)(=O)c1ccc(OCC)cc1. The van der Waals surface area contributed by atoms with E-state index in [0.29, 0.717) is 12.4 Å². The predicted molar refractivity (Wildman–Crippen MR) is 111 cm³/mol. The van der Waals surface area contributed by atoms with Gasteiger partial charge in [-0.2, -0.15) is 4.31 Å². The number of hydrogen-bond acceptors (Lipinski definition) is 4. The van der Waals surface area contributed by atoms with Gasteiger partial charge >= 0.3 is 0 Å². The lowest BCUT2D eigenvalue weighted by Crippen LogP contribution is -2.48. The number of amides is 1. The number of benzene rings is 1. The van der Waals surface area contributed by atoms with Gasteiger partial charge in [-0.25, -0.2) is 8.42 Å². The number of carbonyl (C=O) groups excluding carboxylic acids is 1. The van der Waals surface area contributed by atoms with Crippen molar-refractivity contribution in [3.8, 4) is 5.75 Å². The largest absolute Gasteiger partial charge is 0.494 e. The van der Waals surface area contributed by atoms with Gasteiger partial charge in [0.05, 0.1) is 18.0 Å². The first-order valence-electron chi connectivity index (χ1n) is 10.4. The Morgan fingerprint density at radius 3 is 2.39 bits per heavy atom. The van der Waals surface area contributed by atoms with Crippen LogP contribution in [0, 0.1) is 0 Å². The summed E-state index contributed by atoms with van der Waals surface area (Å²) >= 11 is 0. The molecule has 0 aromatic heterocycles. The third-order valence-corrected chi connectivity index (χ3v) is 7.06. The Balaban J connectivity index is 2.22. The van der Waals surface area contributed by atoms with E-state index in [-0.39, 0.29) is 29.4 Å². The molecule has 7 heteroatoms. The Morgan fingerprint density at radius 2 is 1.82 bits per heavy atom. The summed E-state index contributed by atoms with van der Waals surface area (Å²) < 4.78 is 33.5. The van der Waals surface area contributed by atoms with E-state index in [9.17, 15) is 13.2 Å². The summed E-state index contributed by atoms with van der Waals surface area (Å²) in [6, 6.07) is 6.37. The molecule has 1 saturated carbocycles. The van der Waals surface area contributed by atoms with Gasteiger partial charge in [0.1, 0.15) is 5.75 Å². The fourth-order valence-electron chi connectivity index (χ4n) is 3.76. The molecule has 2 rings (SSSR count). The maximum Gasteiger partial charge on any atom is 0.243 e. The molecule has 1 atom stereocenters. The minimum atomic E-state index is -3.76. The summed E-state index contributed by atoms with van der Waals surface area (Å²) in [6.07, 6.45) is 6.55. The third-order valence-electron chi connectivity index (χ3n) is 5.15. The molecule has 158 valence electrons. The molecule has 6 nitrogen and oxygen atoms in total. The van der Waals surface area contributed by atoms with E-state index in [4.69, 9.17) is 4.74 Å². The van der Waals surface area contributed by atoms with Crippen LogP contribution in [-0.2, 0) is 14.8 Å². The van der Waals surface area contributed by atoms with Crippen LogP contribution >= 0.6 is 0 Å². The lowest BCUT2D eigenvalue weighted by molar-refractivity contribution is -0.122. The van der Waals surface area contributed by atoms with E-state index >= 15 is 0 Å². The van der Waals surface area contributed by atoms with Crippen LogP contribution in [0.3, 0.4) is 0 Å². The van der Waals surface area contributed by atoms with Crippen LogP contribution in [0.25, 0.3) is 0 Å². The first-order chi connectivity index (χ1) is 13.4. The van der Waals surface area contributed by atoms with Crippen LogP contribution in [0.4, 0.5) is 0 Å². The standard InChI is InChI=1S/C21H34N2O4S/c1-4-9-17(3)22-21(24)16-23(18-10-7-6-8-11-18)28(25,26)20-14-12-19(13-15-20)27-5-2/h12-15,17-18H,4-11,16H2,1-3H3,(H,22,24)/t17-/m0/s1. The van der Waals surface area contributed by atoms with E-state index in [1.54, 1.807) is 24.3 Å². The second kappa shape index (κ2) is 10.8. The summed E-state index contributed by atoms with van der Waals surface area (Å²) in [6.45, 7) is 6.29. The van der Waals surface area contributed by atoms with E-state index < -0.39 is 10.0 Å². The maximum atomic E-state index is 13.4. The number of sulfonamides is 1. The molecule has 0 saturated heterocycles. The van der Waals surface area contributed by atoms with Gasteiger partial charge in [-0.15, -0.1) is 0 Å². The van der Waals surface area contributed by atoms with Crippen molar-refractivity contribution in [2.45, 2.75) is 82.7 Å². The molecular formula is C21H34N2O4S. The maximum absolute atomic E-state index is 13.4. The van der Waals surface area contributed by atoms with Gasteiger partial charge in [0, 0.05) is 12.1 Å². The molecule has 1 aromatic rings. The summed E-state index contributed by atoms with van der Waals surface area (Å²) in [5.74, 6) is 0.401. The Hall–Kier alpha value is -1.60. The highest BCUT2D eigenvalue weighted by Gasteiger charge is 2.34. The molecule has 0 bridgehead atoms. The molecule has 1 aromatic carbocycles. The highest BCUT2D eigenvalue weighted by Crippen LogP contribution is 2.28. The minimum Gasteiger partial charge on any atom is -0.494 e. The van der Waals surface area contributed by atoms with Crippen molar-refractivity contribution >= 4 is 15.9 Å². The van der Waals surface area contributed by atoms with Crippen molar-refractivity contribution in [3.63, 3.8) is 0 Å². The van der Waals surface area contributed by atoms with Crippen molar-refractivity contribution in [3.05, 3.63) is 24.3 Å². The average Bonchev–Trinajstić information content (AvgIpc) is 2.67. The van der Waals surface area contributed by atoms with Gasteiger partial charge in [0.15, 0.2) is 0 Å². The fourth-order valence-corrected chi connectivity index (χ4v) is 5.40. The van der Waals surface area contributed by atoms with Crippen LogP contribution in [0.15, 0.2) is 29.2 Å². The lowest BCUT2D eigenvalue weighted by Gasteiger charge is -2.33. The molecule has 0 heterocycles. The van der Waals surface area contributed by atoms with Gasteiger partial charge in [0.2, 0.25) is 15.9 Å². The van der Waals surface area contributed by atoms with Gasteiger partial charge in [-0.05, 0) is 57.4 Å². The second-order valence-electron chi connectivity index (χ2n) is 7.50. The normalized spacial score (nSPS) is 16.7. The third kappa shape index (κ3) is 6.21. The van der Waals surface area contributed by atoms with Crippen molar-refractivity contribution in [1.29, 1.82) is 0 Å². The molecule has 1 amide bonds. The minimum absolute atomic E-state index is 0.0406. The summed E-state index contributed by atoms with van der Waals surface area (Å²) in [7, 11) is -3.76. The Bertz CT molecular complexity index is 712. The van der Waals surface area contributed by atoms with Crippen LogP contribution < -0.4 is 10.1 Å². The molecule has 1 N–H and O–H groups in total. The molecule has 1 aliphatic rings. The van der Waals surface area contributed by atoms with Crippen molar-refractivity contribution < 1.29 is 17.9 Å². The molecule has 0 aliphatic heterocycles. The van der Waals surface area contributed by atoms with Gasteiger partial charge in [-0.3, -0.25) is 4.79 Å². The Kier molecular flexibility index (Phi) is 8.76. The van der Waals surface area contributed by atoms with Crippen LogP contribution in [0.5, 0.6) is 5.75 Å². The van der Waals surface area contributed by atoms with Crippen LogP contribution in [0.2, 0.25) is 0 Å². The number of nitrogens with one attached hydrogen (secondary N) is 1. The van der Waals surface area contributed by atoms with E-state index in [1.165, 1.54) is 4.31 Å². The van der Waals surface area contributed by atoms with Gasteiger partial charge < -0.3 is 10.1 Å². The smallest absolute Gasteiger partial charge is 0.243 e. The monoisotopic (exact) mass is 410 g/mol. The number of carbonyl (C=O) groups is 1. The van der Waals surface area contributed by atoms with Crippen LogP contribution in [-0.4, -0.2) is 43.9 Å². The van der Waals surface area contributed by atoms with E-state index in [0.717, 1.165) is 44.9 Å². The zero-order valence-corrected chi connectivity index (χ0v) is 18.1. The van der Waals surface area contributed by atoms with E-state index in [1.807, 2.05) is 13.8 Å². The number of nitrogens with zero attached hydrogens (tertiary/aromatic N) is 1. The molecule has 1 aliphatic carbocycles. The highest BCUT2D eigenvalue weighted by atomic mass is 32.2. The summed E-state index contributed by atoms with van der Waals surface area (Å²) in [5.41, 5.74) is 0. The predicted octanol–water partition coefficient (Wildman–Crippen LogP) is 3.71. The average molecular weight is 411 g/mol. The molecular weight excluding hydrogens is 376 g/mol.